The minimum absolute atomic E-state index is 0.103. The minimum Gasteiger partial charge on any atom is -0.376 e. The van der Waals surface area contributed by atoms with Gasteiger partial charge in [-0.1, -0.05) is 19.9 Å². The summed E-state index contributed by atoms with van der Waals surface area (Å²) in [5.41, 5.74) is 0.103. The number of aliphatic imine (C=N–C) groups is 1. The predicted molar refractivity (Wildman–Crippen MR) is 113 cm³/mol. The van der Waals surface area contributed by atoms with Crippen LogP contribution in [-0.2, 0) is 14.9 Å². The zero-order valence-electron chi connectivity index (χ0n) is 17.1. The van der Waals surface area contributed by atoms with Crippen LogP contribution in [0.2, 0.25) is 0 Å². The van der Waals surface area contributed by atoms with Gasteiger partial charge in [0.15, 0.2) is 5.96 Å². The zero-order chi connectivity index (χ0) is 19.1. The van der Waals surface area contributed by atoms with E-state index in [4.69, 9.17) is 9.47 Å². The van der Waals surface area contributed by atoms with Gasteiger partial charge in [0.25, 0.3) is 0 Å². The number of piperidine rings is 1. The highest BCUT2D eigenvalue weighted by Crippen LogP contribution is 2.26. The fourth-order valence-electron chi connectivity index (χ4n) is 3.80. The summed E-state index contributed by atoms with van der Waals surface area (Å²) in [6.45, 7) is 9.10. The lowest BCUT2D eigenvalue weighted by molar-refractivity contribution is -0.0721. The highest BCUT2D eigenvalue weighted by molar-refractivity contribution is 7.10. The van der Waals surface area contributed by atoms with Gasteiger partial charge in [-0.15, -0.1) is 11.3 Å². The van der Waals surface area contributed by atoms with E-state index in [9.17, 15) is 0 Å². The van der Waals surface area contributed by atoms with Gasteiger partial charge in [-0.05, 0) is 43.6 Å². The molecule has 0 bridgehead atoms. The average molecular weight is 394 g/mol. The van der Waals surface area contributed by atoms with Crippen LogP contribution in [-0.4, -0.2) is 63.0 Å². The van der Waals surface area contributed by atoms with E-state index in [0.717, 1.165) is 58.1 Å². The first-order valence-corrected chi connectivity index (χ1v) is 11.2. The molecule has 0 aromatic carbocycles. The standard InChI is InChI=1S/C21H35N3O2S/c1-21(2,19-8-6-14-27-19)16-23-20(22-3)24-11-9-17(10-12-24)26-15-18-7-4-5-13-25-18/h6,8,14,17-18H,4-5,7,9-13,15-16H2,1-3H3,(H,22,23). The molecule has 2 saturated heterocycles. The summed E-state index contributed by atoms with van der Waals surface area (Å²) < 4.78 is 11.9. The van der Waals surface area contributed by atoms with Crippen LogP contribution in [0.15, 0.2) is 22.5 Å². The van der Waals surface area contributed by atoms with Crippen LogP contribution in [0.3, 0.4) is 0 Å². The molecule has 0 spiro atoms. The number of hydrogen-bond donors (Lipinski definition) is 1. The Morgan fingerprint density at radius 3 is 2.78 bits per heavy atom. The van der Waals surface area contributed by atoms with Gasteiger partial charge in [0, 0.05) is 43.6 Å². The lowest BCUT2D eigenvalue weighted by atomic mass is 9.91. The highest BCUT2D eigenvalue weighted by Gasteiger charge is 2.26. The fraction of sp³-hybridized carbons (Fsp3) is 0.762. The zero-order valence-corrected chi connectivity index (χ0v) is 17.9. The van der Waals surface area contributed by atoms with E-state index in [1.165, 1.54) is 17.7 Å². The summed E-state index contributed by atoms with van der Waals surface area (Å²) in [6, 6.07) is 4.34. The molecule has 0 saturated carbocycles. The Morgan fingerprint density at radius 1 is 1.33 bits per heavy atom. The van der Waals surface area contributed by atoms with Crippen molar-refractivity contribution in [3.05, 3.63) is 22.4 Å². The molecule has 2 aliphatic rings. The van der Waals surface area contributed by atoms with Crippen LogP contribution in [0.5, 0.6) is 0 Å². The normalized spacial score (nSPS) is 22.9. The summed E-state index contributed by atoms with van der Waals surface area (Å²) in [5.74, 6) is 1.01. The molecule has 2 aliphatic heterocycles. The second-order valence-corrected chi connectivity index (χ2v) is 9.22. The monoisotopic (exact) mass is 393 g/mol. The molecule has 1 unspecified atom stereocenters. The van der Waals surface area contributed by atoms with Gasteiger partial charge in [-0.3, -0.25) is 4.99 Å². The number of nitrogens with zero attached hydrogens (tertiary/aromatic N) is 2. The first-order chi connectivity index (χ1) is 13.1. The Balaban J connectivity index is 1.40. The second-order valence-electron chi connectivity index (χ2n) is 8.27. The molecule has 0 amide bonds. The largest absolute Gasteiger partial charge is 0.376 e. The van der Waals surface area contributed by atoms with Crippen LogP contribution in [0.4, 0.5) is 0 Å². The SMILES string of the molecule is CN=C(NCC(C)(C)c1cccs1)N1CCC(OCC2CCCCO2)CC1. The van der Waals surface area contributed by atoms with Crippen molar-refractivity contribution < 1.29 is 9.47 Å². The van der Waals surface area contributed by atoms with Gasteiger partial charge in [-0.2, -0.15) is 0 Å². The average Bonchev–Trinajstić information content (AvgIpc) is 3.24. The van der Waals surface area contributed by atoms with Gasteiger partial charge in [0.05, 0.1) is 18.8 Å². The van der Waals surface area contributed by atoms with Crippen molar-refractivity contribution in [2.24, 2.45) is 4.99 Å². The summed E-state index contributed by atoms with van der Waals surface area (Å²) in [4.78, 5) is 8.28. The fourth-order valence-corrected chi connectivity index (χ4v) is 4.65. The molecule has 0 radical (unpaired) electrons. The van der Waals surface area contributed by atoms with E-state index in [1.54, 1.807) is 0 Å². The molecule has 3 heterocycles. The maximum absolute atomic E-state index is 6.14. The summed E-state index contributed by atoms with van der Waals surface area (Å²) in [6.07, 6.45) is 6.40. The molecular weight excluding hydrogens is 358 g/mol. The molecule has 3 rings (SSSR count). The van der Waals surface area contributed by atoms with Crippen LogP contribution >= 0.6 is 11.3 Å². The van der Waals surface area contributed by atoms with E-state index in [2.05, 4.69) is 46.6 Å². The number of guanidine groups is 1. The third kappa shape index (κ3) is 5.93. The molecule has 152 valence electrons. The molecule has 2 fully saturated rings. The van der Waals surface area contributed by atoms with Gasteiger partial charge < -0.3 is 19.7 Å². The lowest BCUT2D eigenvalue weighted by Crippen LogP contribution is -2.49. The summed E-state index contributed by atoms with van der Waals surface area (Å²) in [7, 11) is 1.88. The van der Waals surface area contributed by atoms with E-state index >= 15 is 0 Å². The molecule has 1 aromatic rings. The summed E-state index contributed by atoms with van der Waals surface area (Å²) >= 11 is 1.82. The van der Waals surface area contributed by atoms with Crippen molar-refractivity contribution in [2.75, 3.05) is 39.9 Å². The van der Waals surface area contributed by atoms with E-state index < -0.39 is 0 Å². The predicted octanol–water partition coefficient (Wildman–Crippen LogP) is 3.65. The topological polar surface area (TPSA) is 46.1 Å². The van der Waals surface area contributed by atoms with E-state index in [1.807, 2.05) is 18.4 Å². The van der Waals surface area contributed by atoms with Gasteiger partial charge in [0.2, 0.25) is 0 Å². The van der Waals surface area contributed by atoms with Crippen molar-refractivity contribution in [1.82, 2.24) is 10.2 Å². The Bertz CT molecular complexity index is 574. The first kappa shape index (κ1) is 20.6. The Kier molecular flexibility index (Phi) is 7.56. The number of thiophene rings is 1. The molecule has 6 heteroatoms. The van der Waals surface area contributed by atoms with Crippen molar-refractivity contribution in [3.63, 3.8) is 0 Å². The third-order valence-electron chi connectivity index (χ3n) is 5.62. The van der Waals surface area contributed by atoms with Crippen molar-refractivity contribution in [1.29, 1.82) is 0 Å². The van der Waals surface area contributed by atoms with Crippen molar-refractivity contribution in [2.45, 2.75) is 63.6 Å². The Morgan fingerprint density at radius 2 is 2.15 bits per heavy atom. The quantitative estimate of drug-likeness (QED) is 0.592. The number of nitrogens with one attached hydrogen (secondary N) is 1. The van der Waals surface area contributed by atoms with Crippen LogP contribution in [0, 0.1) is 0 Å². The molecule has 0 aliphatic carbocycles. The smallest absolute Gasteiger partial charge is 0.193 e. The summed E-state index contributed by atoms with van der Waals surface area (Å²) in [5, 5.41) is 5.74. The number of likely N-dealkylation sites (tertiary alicyclic amines) is 1. The van der Waals surface area contributed by atoms with Gasteiger partial charge in [0.1, 0.15) is 0 Å². The number of hydrogen-bond acceptors (Lipinski definition) is 4. The molecular formula is C21H35N3O2S. The maximum atomic E-state index is 6.14. The first-order valence-electron chi connectivity index (χ1n) is 10.3. The Hall–Kier alpha value is -1.11. The highest BCUT2D eigenvalue weighted by atomic mass is 32.1. The van der Waals surface area contributed by atoms with Crippen molar-refractivity contribution >= 4 is 17.3 Å². The minimum atomic E-state index is 0.103. The van der Waals surface area contributed by atoms with Gasteiger partial charge in [-0.25, -0.2) is 0 Å². The van der Waals surface area contributed by atoms with E-state index in [-0.39, 0.29) is 5.41 Å². The molecule has 27 heavy (non-hydrogen) atoms. The number of rotatable bonds is 6. The van der Waals surface area contributed by atoms with Crippen LogP contribution in [0.1, 0.15) is 50.8 Å². The van der Waals surface area contributed by atoms with Crippen LogP contribution < -0.4 is 5.32 Å². The number of ether oxygens (including phenoxy) is 2. The van der Waals surface area contributed by atoms with Crippen LogP contribution in [0.25, 0.3) is 0 Å². The molecule has 1 N–H and O–H groups in total. The molecule has 1 aromatic heterocycles. The van der Waals surface area contributed by atoms with E-state index in [0.29, 0.717) is 12.2 Å². The Labute approximate surface area is 168 Å². The molecule has 5 nitrogen and oxygen atoms in total. The maximum Gasteiger partial charge on any atom is 0.193 e. The third-order valence-corrected chi connectivity index (χ3v) is 6.86. The molecule has 1 atom stereocenters. The van der Waals surface area contributed by atoms with Crippen molar-refractivity contribution in [3.8, 4) is 0 Å². The van der Waals surface area contributed by atoms with Gasteiger partial charge >= 0.3 is 0 Å². The second kappa shape index (κ2) is 9.89. The lowest BCUT2D eigenvalue weighted by Gasteiger charge is -2.36.